The van der Waals surface area contributed by atoms with Crippen LogP contribution in [0.2, 0.25) is 0 Å². The molecule has 0 aromatic heterocycles. The largest absolute Gasteiger partial charge is 0.465 e. The smallest absolute Gasteiger partial charge is 0.407 e. The number of ether oxygens (including phenoxy) is 2. The predicted molar refractivity (Wildman–Crippen MR) is 99.9 cm³/mol. The van der Waals surface area contributed by atoms with Crippen LogP contribution in [0.4, 0.5) is 13.6 Å². The lowest BCUT2D eigenvalue weighted by Crippen LogP contribution is -2.35. The molecule has 1 aromatic carbocycles. The van der Waals surface area contributed by atoms with Crippen molar-refractivity contribution in [2.75, 3.05) is 13.2 Å². The average molecular weight is 415 g/mol. The van der Waals surface area contributed by atoms with E-state index in [0.717, 1.165) is 18.2 Å². The van der Waals surface area contributed by atoms with Crippen LogP contribution in [0.25, 0.3) is 0 Å². The van der Waals surface area contributed by atoms with Gasteiger partial charge in [0, 0.05) is 13.0 Å². The normalized spacial score (nSPS) is 13.3. The summed E-state index contributed by atoms with van der Waals surface area (Å²) in [6, 6.07) is 3.07. The molecule has 2 N–H and O–H groups in total. The molecule has 0 fully saturated rings. The van der Waals surface area contributed by atoms with Gasteiger partial charge in [-0.1, -0.05) is 6.07 Å². The van der Waals surface area contributed by atoms with E-state index in [1.54, 1.807) is 20.8 Å². The van der Waals surface area contributed by atoms with E-state index in [-0.39, 0.29) is 19.6 Å². The van der Waals surface area contributed by atoms with Crippen LogP contribution in [0, 0.1) is 17.6 Å². The van der Waals surface area contributed by atoms with Gasteiger partial charge in [0.05, 0.1) is 18.3 Å². The molecule has 2 unspecified atom stereocenters. The van der Waals surface area contributed by atoms with Gasteiger partial charge in [-0.2, -0.15) is 0 Å². The summed E-state index contributed by atoms with van der Waals surface area (Å²) in [6.07, 6.45) is -3.27. The lowest BCUT2D eigenvalue weighted by molar-refractivity contribution is -0.153. The third-order valence-corrected chi connectivity index (χ3v) is 3.79. The van der Waals surface area contributed by atoms with Crippen LogP contribution in [0.15, 0.2) is 18.2 Å². The predicted octanol–water partition coefficient (Wildman–Crippen LogP) is 3.05. The van der Waals surface area contributed by atoms with Gasteiger partial charge in [-0.3, -0.25) is 9.59 Å². The Kier molecular flexibility index (Phi) is 9.16. The number of nitrogens with one attached hydrogen (secondary N) is 1. The van der Waals surface area contributed by atoms with Crippen molar-refractivity contribution in [3.63, 3.8) is 0 Å². The summed E-state index contributed by atoms with van der Waals surface area (Å²) < 4.78 is 37.6. The highest BCUT2D eigenvalue weighted by Crippen LogP contribution is 2.27. The Labute approximate surface area is 168 Å². The van der Waals surface area contributed by atoms with E-state index in [0.29, 0.717) is 0 Å². The Morgan fingerprint density at radius 2 is 1.76 bits per heavy atom. The van der Waals surface area contributed by atoms with Gasteiger partial charge in [0.2, 0.25) is 0 Å². The van der Waals surface area contributed by atoms with Gasteiger partial charge in [0.25, 0.3) is 0 Å². The SMILES string of the molecule is CCOC(=O)C(CC(O)c1c(F)cccc1F)C(=O)CCNC(=O)OC(C)(C)C. The molecule has 1 amide bonds. The molecule has 2 atom stereocenters. The fourth-order valence-electron chi connectivity index (χ4n) is 2.55. The van der Waals surface area contributed by atoms with Gasteiger partial charge < -0.3 is 19.9 Å². The molecule has 29 heavy (non-hydrogen) atoms. The zero-order valence-electron chi connectivity index (χ0n) is 17.0. The number of rotatable bonds is 9. The van der Waals surface area contributed by atoms with E-state index >= 15 is 0 Å². The number of halogens is 2. The second-order valence-corrected chi connectivity index (χ2v) is 7.34. The Morgan fingerprint density at radius 3 is 2.28 bits per heavy atom. The van der Waals surface area contributed by atoms with Gasteiger partial charge in [-0.25, -0.2) is 13.6 Å². The molecule has 1 aromatic rings. The average Bonchev–Trinajstić information content (AvgIpc) is 2.57. The maximum absolute atomic E-state index is 13.9. The minimum atomic E-state index is -1.73. The van der Waals surface area contributed by atoms with Crippen molar-refractivity contribution in [3.05, 3.63) is 35.4 Å². The number of benzene rings is 1. The van der Waals surface area contributed by atoms with Crippen LogP contribution in [-0.2, 0) is 19.1 Å². The third-order valence-electron chi connectivity index (χ3n) is 3.79. The molecule has 0 spiro atoms. The van der Waals surface area contributed by atoms with E-state index in [9.17, 15) is 28.3 Å². The van der Waals surface area contributed by atoms with Crippen LogP contribution in [0.1, 0.15) is 52.2 Å². The number of aliphatic hydroxyl groups excluding tert-OH is 1. The molecule has 0 aliphatic carbocycles. The van der Waals surface area contributed by atoms with E-state index in [4.69, 9.17) is 9.47 Å². The lowest BCUT2D eigenvalue weighted by atomic mass is 9.91. The minimum absolute atomic E-state index is 0.0110. The second-order valence-electron chi connectivity index (χ2n) is 7.34. The standard InChI is InChI=1S/C20H27F2NO6/c1-5-28-18(26)12(11-16(25)17-13(21)7-6-8-14(17)22)15(24)9-10-23-19(27)29-20(2,3)4/h6-8,12,16,25H,5,9-11H2,1-4H3,(H,23,27). The zero-order chi connectivity index (χ0) is 22.2. The fourth-order valence-corrected chi connectivity index (χ4v) is 2.55. The monoisotopic (exact) mass is 415 g/mol. The van der Waals surface area contributed by atoms with Gasteiger partial charge in [0.15, 0.2) is 0 Å². The topological polar surface area (TPSA) is 102 Å². The number of amides is 1. The van der Waals surface area contributed by atoms with Crippen molar-refractivity contribution in [1.82, 2.24) is 5.32 Å². The Morgan fingerprint density at radius 1 is 1.17 bits per heavy atom. The zero-order valence-corrected chi connectivity index (χ0v) is 17.0. The number of carbonyl (C=O) groups is 3. The third kappa shape index (κ3) is 8.15. The van der Waals surface area contributed by atoms with Crippen molar-refractivity contribution in [2.45, 2.75) is 52.2 Å². The Hall–Kier alpha value is -2.55. The molecular formula is C20H27F2NO6. The Balaban J connectivity index is 2.81. The van der Waals surface area contributed by atoms with Crippen molar-refractivity contribution >= 4 is 17.8 Å². The first kappa shape index (κ1) is 24.5. The first-order chi connectivity index (χ1) is 13.5. The first-order valence-electron chi connectivity index (χ1n) is 9.24. The summed E-state index contributed by atoms with van der Waals surface area (Å²) in [4.78, 5) is 36.2. The number of ketones is 1. The van der Waals surface area contributed by atoms with E-state index in [1.165, 1.54) is 6.92 Å². The molecular weight excluding hydrogens is 388 g/mol. The number of Topliss-reactive ketones (excluding diaryl/α,β-unsaturated/α-hetero) is 1. The lowest BCUT2D eigenvalue weighted by Gasteiger charge is -2.21. The number of hydrogen-bond acceptors (Lipinski definition) is 6. The van der Waals surface area contributed by atoms with E-state index < -0.39 is 59.1 Å². The number of alkyl carbamates (subject to hydrolysis) is 1. The van der Waals surface area contributed by atoms with Crippen molar-refractivity contribution < 1.29 is 37.7 Å². The number of aliphatic hydroxyl groups is 1. The molecule has 0 heterocycles. The van der Waals surface area contributed by atoms with Crippen LogP contribution in [0.3, 0.4) is 0 Å². The quantitative estimate of drug-likeness (QED) is 0.475. The summed E-state index contributed by atoms with van der Waals surface area (Å²) in [7, 11) is 0. The van der Waals surface area contributed by atoms with Crippen molar-refractivity contribution in [1.29, 1.82) is 0 Å². The summed E-state index contributed by atoms with van der Waals surface area (Å²) in [5, 5.41) is 12.6. The van der Waals surface area contributed by atoms with Crippen molar-refractivity contribution in [3.8, 4) is 0 Å². The Bertz CT molecular complexity index is 712. The molecule has 0 bridgehead atoms. The fraction of sp³-hybridized carbons (Fsp3) is 0.550. The molecule has 9 heteroatoms. The van der Waals surface area contributed by atoms with Crippen LogP contribution in [-0.4, -0.2) is 41.7 Å². The molecule has 0 aliphatic heterocycles. The maximum Gasteiger partial charge on any atom is 0.407 e. The van der Waals surface area contributed by atoms with E-state index in [1.807, 2.05) is 0 Å². The van der Waals surface area contributed by atoms with Crippen molar-refractivity contribution in [2.24, 2.45) is 5.92 Å². The highest BCUT2D eigenvalue weighted by atomic mass is 19.1. The second kappa shape index (κ2) is 10.8. The molecule has 0 saturated heterocycles. The molecule has 0 radical (unpaired) electrons. The minimum Gasteiger partial charge on any atom is -0.465 e. The number of carbonyl (C=O) groups excluding carboxylic acids is 3. The van der Waals surface area contributed by atoms with Gasteiger partial charge in [-0.05, 0) is 46.2 Å². The van der Waals surface area contributed by atoms with Crippen LogP contribution >= 0.6 is 0 Å². The summed E-state index contributed by atoms with van der Waals surface area (Å²) >= 11 is 0. The molecule has 7 nitrogen and oxygen atoms in total. The van der Waals surface area contributed by atoms with Crippen LogP contribution in [0.5, 0.6) is 0 Å². The molecule has 162 valence electrons. The first-order valence-corrected chi connectivity index (χ1v) is 9.24. The summed E-state index contributed by atoms with van der Waals surface area (Å²) in [5.41, 5.74) is -1.34. The number of hydrogen-bond donors (Lipinski definition) is 2. The summed E-state index contributed by atoms with van der Waals surface area (Å²) in [5.74, 6) is -4.97. The highest BCUT2D eigenvalue weighted by Gasteiger charge is 2.32. The highest BCUT2D eigenvalue weighted by molar-refractivity contribution is 5.99. The number of esters is 1. The van der Waals surface area contributed by atoms with Crippen LogP contribution < -0.4 is 5.32 Å². The van der Waals surface area contributed by atoms with Gasteiger partial charge in [-0.15, -0.1) is 0 Å². The van der Waals surface area contributed by atoms with E-state index in [2.05, 4.69) is 5.32 Å². The van der Waals surface area contributed by atoms with Gasteiger partial charge in [0.1, 0.15) is 28.9 Å². The molecule has 0 aliphatic rings. The summed E-state index contributed by atoms with van der Waals surface area (Å²) in [6.45, 7) is 6.44. The maximum atomic E-state index is 13.9. The van der Waals surface area contributed by atoms with Gasteiger partial charge >= 0.3 is 12.1 Å². The molecule has 1 rings (SSSR count). The molecule has 0 saturated carbocycles.